The minimum absolute atomic E-state index is 0.218. The van der Waals surface area contributed by atoms with E-state index in [-0.39, 0.29) is 10.9 Å². The third-order valence-corrected chi connectivity index (χ3v) is 1.89. The molecule has 0 unspecified atom stereocenters. The van der Waals surface area contributed by atoms with Gasteiger partial charge in [-0.2, -0.15) is 0 Å². The molecule has 1 amide bonds. The second kappa shape index (κ2) is 4.05. The molecular formula is C9H8ClNO2. The van der Waals surface area contributed by atoms with Gasteiger partial charge in [-0.1, -0.05) is 23.7 Å². The lowest BCUT2D eigenvalue weighted by atomic mass is 10.2. The molecular weight excluding hydrogens is 190 g/mol. The fourth-order valence-electron chi connectivity index (χ4n) is 0.927. The molecule has 0 aliphatic heterocycles. The van der Waals surface area contributed by atoms with Crippen molar-refractivity contribution in [2.24, 2.45) is 0 Å². The molecule has 13 heavy (non-hydrogen) atoms. The van der Waals surface area contributed by atoms with E-state index in [0.29, 0.717) is 17.5 Å². The monoisotopic (exact) mass is 197 g/mol. The van der Waals surface area contributed by atoms with Gasteiger partial charge in [-0.05, 0) is 6.07 Å². The summed E-state index contributed by atoms with van der Waals surface area (Å²) < 4.78 is 0. The molecule has 0 atom stereocenters. The molecule has 1 aromatic rings. The molecule has 0 aliphatic carbocycles. The van der Waals surface area contributed by atoms with Crippen molar-refractivity contribution in [1.82, 2.24) is 0 Å². The summed E-state index contributed by atoms with van der Waals surface area (Å²) in [6.07, 6.45) is 0.646. The van der Waals surface area contributed by atoms with E-state index in [0.717, 1.165) is 0 Å². The molecule has 0 saturated carbocycles. The molecule has 0 heterocycles. The number of amides is 1. The van der Waals surface area contributed by atoms with Gasteiger partial charge in [0, 0.05) is 12.5 Å². The van der Waals surface area contributed by atoms with Gasteiger partial charge in [-0.25, -0.2) is 0 Å². The highest BCUT2D eigenvalue weighted by atomic mass is 35.5. The Morgan fingerprint density at radius 2 is 2.23 bits per heavy atom. The van der Waals surface area contributed by atoms with E-state index >= 15 is 0 Å². The zero-order chi connectivity index (χ0) is 9.84. The van der Waals surface area contributed by atoms with Gasteiger partial charge < -0.3 is 5.32 Å². The van der Waals surface area contributed by atoms with E-state index in [1.165, 1.54) is 6.92 Å². The van der Waals surface area contributed by atoms with E-state index in [1.54, 1.807) is 18.2 Å². The van der Waals surface area contributed by atoms with E-state index in [4.69, 9.17) is 11.6 Å². The molecule has 3 nitrogen and oxygen atoms in total. The van der Waals surface area contributed by atoms with Crippen molar-refractivity contribution in [3.8, 4) is 0 Å². The van der Waals surface area contributed by atoms with Crippen LogP contribution in [0.25, 0.3) is 0 Å². The number of rotatable bonds is 2. The summed E-state index contributed by atoms with van der Waals surface area (Å²) in [4.78, 5) is 21.2. The van der Waals surface area contributed by atoms with Crippen LogP contribution in [0.4, 0.5) is 5.69 Å². The first-order valence-electron chi connectivity index (χ1n) is 3.66. The Morgan fingerprint density at radius 1 is 1.54 bits per heavy atom. The van der Waals surface area contributed by atoms with Crippen LogP contribution in [0.3, 0.4) is 0 Å². The third kappa shape index (κ3) is 2.29. The lowest BCUT2D eigenvalue weighted by Gasteiger charge is -2.05. The lowest BCUT2D eigenvalue weighted by Crippen LogP contribution is -2.06. The first-order valence-corrected chi connectivity index (χ1v) is 4.04. The summed E-state index contributed by atoms with van der Waals surface area (Å²) in [7, 11) is 0. The number of anilines is 1. The van der Waals surface area contributed by atoms with E-state index in [1.807, 2.05) is 0 Å². The van der Waals surface area contributed by atoms with Crippen molar-refractivity contribution in [3.05, 3.63) is 28.8 Å². The highest BCUT2D eigenvalue weighted by molar-refractivity contribution is 6.36. The molecule has 1 N–H and O–H groups in total. The molecule has 68 valence electrons. The number of nitrogens with one attached hydrogen (secondary N) is 1. The minimum Gasteiger partial charge on any atom is -0.325 e. The van der Waals surface area contributed by atoms with Crippen LogP contribution < -0.4 is 5.32 Å². The maximum Gasteiger partial charge on any atom is 0.221 e. The van der Waals surface area contributed by atoms with Gasteiger partial charge in [0.1, 0.15) is 0 Å². The Bertz CT molecular complexity index is 349. The van der Waals surface area contributed by atoms with Crippen LogP contribution in [0.1, 0.15) is 17.3 Å². The van der Waals surface area contributed by atoms with Gasteiger partial charge in [0.15, 0.2) is 6.29 Å². The third-order valence-electron chi connectivity index (χ3n) is 1.47. The first-order chi connectivity index (χ1) is 6.15. The summed E-state index contributed by atoms with van der Waals surface area (Å²) in [5, 5.41) is 2.79. The van der Waals surface area contributed by atoms with Crippen molar-refractivity contribution in [2.75, 3.05) is 5.32 Å². The van der Waals surface area contributed by atoms with Crippen molar-refractivity contribution < 1.29 is 9.59 Å². The standard InChI is InChI=1S/C9H8ClNO2/c1-6(13)11-8-4-2-3-7(5-12)9(8)10/h2-5H,1H3,(H,11,13). The molecule has 0 spiro atoms. The second-order valence-corrected chi connectivity index (χ2v) is 2.89. The minimum atomic E-state index is -0.218. The second-order valence-electron chi connectivity index (χ2n) is 2.51. The zero-order valence-corrected chi connectivity index (χ0v) is 7.76. The summed E-state index contributed by atoms with van der Waals surface area (Å²) >= 11 is 5.81. The summed E-state index contributed by atoms with van der Waals surface area (Å²) in [6, 6.07) is 4.87. The highest BCUT2D eigenvalue weighted by Crippen LogP contribution is 2.24. The average molecular weight is 198 g/mol. The summed E-state index contributed by atoms with van der Waals surface area (Å²) in [5.74, 6) is -0.218. The lowest BCUT2D eigenvalue weighted by molar-refractivity contribution is -0.114. The highest BCUT2D eigenvalue weighted by Gasteiger charge is 2.05. The smallest absolute Gasteiger partial charge is 0.221 e. The largest absolute Gasteiger partial charge is 0.325 e. The SMILES string of the molecule is CC(=O)Nc1cccc(C=O)c1Cl. The van der Waals surface area contributed by atoms with Crippen LogP contribution >= 0.6 is 11.6 Å². The number of halogens is 1. The first kappa shape index (κ1) is 9.74. The zero-order valence-electron chi connectivity index (χ0n) is 7.00. The molecule has 0 bridgehead atoms. The van der Waals surface area contributed by atoms with E-state index < -0.39 is 0 Å². The Morgan fingerprint density at radius 3 is 2.77 bits per heavy atom. The van der Waals surface area contributed by atoms with Gasteiger partial charge in [-0.15, -0.1) is 0 Å². The summed E-state index contributed by atoms with van der Waals surface area (Å²) in [5.41, 5.74) is 0.826. The average Bonchev–Trinajstić information content (AvgIpc) is 2.08. The molecule has 0 fully saturated rings. The molecule has 1 aromatic carbocycles. The molecule has 1 rings (SSSR count). The number of carbonyl (C=O) groups excluding carboxylic acids is 2. The summed E-state index contributed by atoms with van der Waals surface area (Å²) in [6.45, 7) is 1.38. The fourth-order valence-corrected chi connectivity index (χ4v) is 1.14. The molecule has 0 radical (unpaired) electrons. The van der Waals surface area contributed by atoms with E-state index in [2.05, 4.69) is 5.32 Å². The predicted octanol–water partition coefficient (Wildman–Crippen LogP) is 2.11. The Hall–Kier alpha value is -1.35. The Balaban J connectivity index is 3.07. The maximum absolute atomic E-state index is 10.7. The number of hydrogen-bond acceptors (Lipinski definition) is 2. The molecule has 4 heteroatoms. The van der Waals surface area contributed by atoms with E-state index in [9.17, 15) is 9.59 Å². The molecule has 0 saturated heterocycles. The fraction of sp³-hybridized carbons (Fsp3) is 0.111. The van der Waals surface area contributed by atoms with Crippen molar-refractivity contribution in [2.45, 2.75) is 6.92 Å². The van der Waals surface area contributed by atoms with Crippen LogP contribution in [0.2, 0.25) is 5.02 Å². The number of aldehydes is 1. The normalized spacial score (nSPS) is 9.38. The number of hydrogen-bond donors (Lipinski definition) is 1. The predicted molar refractivity (Wildman–Crippen MR) is 51.1 cm³/mol. The maximum atomic E-state index is 10.7. The number of benzene rings is 1. The Labute approximate surface area is 80.7 Å². The number of carbonyl (C=O) groups is 2. The van der Waals surface area contributed by atoms with Gasteiger partial charge in [-0.3, -0.25) is 9.59 Å². The van der Waals surface area contributed by atoms with Gasteiger partial charge in [0.05, 0.1) is 10.7 Å². The van der Waals surface area contributed by atoms with Crippen molar-refractivity contribution in [1.29, 1.82) is 0 Å². The van der Waals surface area contributed by atoms with Crippen LogP contribution in [0.5, 0.6) is 0 Å². The quantitative estimate of drug-likeness (QED) is 0.739. The Kier molecular flexibility index (Phi) is 3.03. The van der Waals surface area contributed by atoms with Crippen LogP contribution in [0.15, 0.2) is 18.2 Å². The van der Waals surface area contributed by atoms with Crippen LogP contribution in [-0.4, -0.2) is 12.2 Å². The van der Waals surface area contributed by atoms with Crippen molar-refractivity contribution >= 4 is 29.5 Å². The van der Waals surface area contributed by atoms with Crippen molar-refractivity contribution in [3.63, 3.8) is 0 Å². The van der Waals surface area contributed by atoms with Gasteiger partial charge >= 0.3 is 0 Å². The molecule has 0 aromatic heterocycles. The van der Waals surface area contributed by atoms with Gasteiger partial charge in [0.25, 0.3) is 0 Å². The molecule has 0 aliphatic rings. The topological polar surface area (TPSA) is 46.2 Å². The van der Waals surface area contributed by atoms with Gasteiger partial charge in [0.2, 0.25) is 5.91 Å². The van der Waals surface area contributed by atoms with Crippen LogP contribution in [-0.2, 0) is 4.79 Å². The van der Waals surface area contributed by atoms with Crippen LogP contribution in [0, 0.1) is 0 Å².